The second kappa shape index (κ2) is 11.5. The van der Waals surface area contributed by atoms with Gasteiger partial charge in [-0.2, -0.15) is 0 Å². The number of rotatable bonds is 6. The Morgan fingerprint density at radius 2 is 1.83 bits per heavy atom. The summed E-state index contributed by atoms with van der Waals surface area (Å²) in [6.07, 6.45) is 12.0. The highest BCUT2D eigenvalue weighted by molar-refractivity contribution is 5.96. The monoisotopic (exact) mass is 466 g/mol. The average molecular weight is 467 g/mol. The summed E-state index contributed by atoms with van der Waals surface area (Å²) in [5.74, 6) is 2.28. The smallest absolute Gasteiger partial charge is 0.159 e. The summed E-state index contributed by atoms with van der Waals surface area (Å²) >= 11 is 0. The first kappa shape index (κ1) is 23.5. The fourth-order valence-corrected chi connectivity index (χ4v) is 5.20. The van der Waals surface area contributed by atoms with Gasteiger partial charge in [0.05, 0.1) is 0 Å². The van der Waals surface area contributed by atoms with Crippen LogP contribution in [0.15, 0.2) is 72.9 Å². The highest BCUT2D eigenvalue weighted by atomic mass is 16.5. The third kappa shape index (κ3) is 6.26. The zero-order valence-corrected chi connectivity index (χ0v) is 20.3. The van der Waals surface area contributed by atoms with Gasteiger partial charge in [0.1, 0.15) is 11.5 Å². The first-order valence-electron chi connectivity index (χ1n) is 13.0. The minimum Gasteiger partial charge on any atom is -0.457 e. The standard InChI is InChI=1S/C31H34N2O2/c34-28-10-3-8-24-7-1-2-12-30(24)31(22-28)35-29-11-4-9-25(21-29)26-16-19-33-27(20-26)14-13-23-6-5-17-32-18-15-23/h1-2,4,7,9,11-12,16,19-23,32H,3,5-6,8,10,13-15,17-18H2. The van der Waals surface area contributed by atoms with Gasteiger partial charge in [-0.3, -0.25) is 9.78 Å². The molecule has 5 rings (SSSR count). The van der Waals surface area contributed by atoms with Crippen molar-refractivity contribution in [1.29, 1.82) is 0 Å². The third-order valence-electron chi connectivity index (χ3n) is 7.16. The molecule has 1 saturated heterocycles. The van der Waals surface area contributed by atoms with Gasteiger partial charge in [-0.25, -0.2) is 0 Å². The van der Waals surface area contributed by atoms with Gasteiger partial charge >= 0.3 is 0 Å². The largest absolute Gasteiger partial charge is 0.457 e. The van der Waals surface area contributed by atoms with Crippen LogP contribution in [0.25, 0.3) is 16.9 Å². The molecule has 4 nitrogen and oxygen atoms in total. The average Bonchev–Trinajstić information content (AvgIpc) is 3.16. The number of nitrogens with zero attached hydrogens (tertiary/aromatic N) is 1. The summed E-state index contributed by atoms with van der Waals surface area (Å²) in [7, 11) is 0. The number of pyridine rings is 1. The van der Waals surface area contributed by atoms with E-state index in [1.807, 2.05) is 36.5 Å². The summed E-state index contributed by atoms with van der Waals surface area (Å²) in [6.45, 7) is 2.29. The molecule has 0 radical (unpaired) electrons. The number of ketones is 1. The van der Waals surface area contributed by atoms with E-state index >= 15 is 0 Å². The molecular formula is C31H34N2O2. The molecule has 4 heteroatoms. The molecule has 0 amide bonds. The van der Waals surface area contributed by atoms with Crippen LogP contribution >= 0.6 is 0 Å². The number of fused-ring (bicyclic) bond motifs is 1. The number of carbonyl (C=O) groups is 1. The number of ether oxygens (including phenoxy) is 1. The molecular weight excluding hydrogens is 432 g/mol. The van der Waals surface area contributed by atoms with Crippen LogP contribution in [0.4, 0.5) is 0 Å². The van der Waals surface area contributed by atoms with Crippen molar-refractivity contribution in [2.45, 2.75) is 51.4 Å². The highest BCUT2D eigenvalue weighted by Crippen LogP contribution is 2.30. The van der Waals surface area contributed by atoms with Gasteiger partial charge in [-0.05, 0) is 105 Å². The van der Waals surface area contributed by atoms with Crippen molar-refractivity contribution >= 4 is 11.5 Å². The summed E-state index contributed by atoms with van der Waals surface area (Å²) in [5, 5.41) is 3.50. The fourth-order valence-electron chi connectivity index (χ4n) is 5.20. The first-order valence-corrected chi connectivity index (χ1v) is 13.0. The Labute approximate surface area is 208 Å². The molecule has 35 heavy (non-hydrogen) atoms. The number of aromatic nitrogens is 1. The molecule has 3 aromatic rings. The molecule has 1 aliphatic heterocycles. The van der Waals surface area contributed by atoms with Crippen molar-refractivity contribution in [2.24, 2.45) is 5.92 Å². The zero-order chi connectivity index (χ0) is 23.9. The van der Waals surface area contributed by atoms with Gasteiger partial charge in [0.2, 0.25) is 0 Å². The Hall–Kier alpha value is -3.24. The predicted molar refractivity (Wildman–Crippen MR) is 141 cm³/mol. The molecule has 2 heterocycles. The number of carbonyl (C=O) groups excluding carboxylic acids is 1. The summed E-state index contributed by atoms with van der Waals surface area (Å²) in [5.41, 5.74) is 5.62. The third-order valence-corrected chi connectivity index (χ3v) is 7.16. The van der Waals surface area contributed by atoms with Crippen molar-refractivity contribution in [3.05, 3.63) is 89.8 Å². The van der Waals surface area contributed by atoms with E-state index < -0.39 is 0 Å². The molecule has 1 aromatic heterocycles. The van der Waals surface area contributed by atoms with Crippen LogP contribution in [0, 0.1) is 5.92 Å². The van der Waals surface area contributed by atoms with Crippen LogP contribution in [0.1, 0.15) is 55.3 Å². The SMILES string of the molecule is O=C1C=C(Oc2cccc(-c3ccnc(CCC4CCCNCC4)c3)c2)c2ccccc2CCC1. The Morgan fingerprint density at radius 3 is 2.80 bits per heavy atom. The van der Waals surface area contributed by atoms with Crippen molar-refractivity contribution in [3.63, 3.8) is 0 Å². The maximum Gasteiger partial charge on any atom is 0.159 e. The van der Waals surface area contributed by atoms with Crippen LogP contribution < -0.4 is 10.1 Å². The Kier molecular flexibility index (Phi) is 7.69. The van der Waals surface area contributed by atoms with E-state index in [0.29, 0.717) is 12.2 Å². The molecule has 0 saturated carbocycles. The molecule has 180 valence electrons. The van der Waals surface area contributed by atoms with Crippen LogP contribution in [0.2, 0.25) is 0 Å². The van der Waals surface area contributed by atoms with Gasteiger partial charge < -0.3 is 10.1 Å². The van der Waals surface area contributed by atoms with E-state index in [9.17, 15) is 4.79 Å². The minimum atomic E-state index is 0.119. The number of allylic oxidation sites excluding steroid dienone is 1. The molecule has 1 atom stereocenters. The molecule has 1 fully saturated rings. The van der Waals surface area contributed by atoms with E-state index in [4.69, 9.17) is 4.74 Å². The van der Waals surface area contributed by atoms with E-state index in [1.54, 1.807) is 6.08 Å². The lowest BCUT2D eigenvalue weighted by Crippen LogP contribution is -2.14. The topological polar surface area (TPSA) is 51.2 Å². The first-order chi connectivity index (χ1) is 17.2. The number of benzene rings is 2. The van der Waals surface area contributed by atoms with Crippen molar-refractivity contribution in [1.82, 2.24) is 10.3 Å². The molecule has 1 N–H and O–H groups in total. The van der Waals surface area contributed by atoms with Crippen molar-refractivity contribution in [3.8, 4) is 16.9 Å². The summed E-state index contributed by atoms with van der Waals surface area (Å²) in [4.78, 5) is 17.0. The van der Waals surface area contributed by atoms with Gasteiger partial charge in [0, 0.05) is 30.0 Å². The minimum absolute atomic E-state index is 0.119. The molecule has 0 spiro atoms. The molecule has 1 unspecified atom stereocenters. The van der Waals surface area contributed by atoms with Gasteiger partial charge in [0.25, 0.3) is 0 Å². The molecule has 2 aromatic carbocycles. The van der Waals surface area contributed by atoms with Gasteiger partial charge in [-0.1, -0.05) is 36.4 Å². The number of aryl methyl sites for hydroxylation is 2. The van der Waals surface area contributed by atoms with E-state index in [0.717, 1.165) is 66.4 Å². The van der Waals surface area contributed by atoms with E-state index in [2.05, 4.69) is 40.6 Å². The van der Waals surface area contributed by atoms with E-state index in [1.165, 1.54) is 31.2 Å². The van der Waals surface area contributed by atoms with Gasteiger partial charge in [-0.15, -0.1) is 0 Å². The number of nitrogens with one attached hydrogen (secondary N) is 1. The zero-order valence-electron chi connectivity index (χ0n) is 20.3. The lowest BCUT2D eigenvalue weighted by atomic mass is 9.94. The van der Waals surface area contributed by atoms with Crippen LogP contribution in [-0.4, -0.2) is 23.9 Å². The second-order valence-electron chi connectivity index (χ2n) is 9.74. The summed E-state index contributed by atoms with van der Waals surface area (Å²) < 4.78 is 6.34. The Morgan fingerprint density at radius 1 is 0.914 bits per heavy atom. The number of hydrogen-bond acceptors (Lipinski definition) is 4. The second-order valence-corrected chi connectivity index (χ2v) is 9.74. The lowest BCUT2D eigenvalue weighted by molar-refractivity contribution is -0.114. The molecule has 0 bridgehead atoms. The van der Waals surface area contributed by atoms with Gasteiger partial charge in [0.15, 0.2) is 5.78 Å². The normalized spacial score (nSPS) is 18.6. The quantitative estimate of drug-likeness (QED) is 0.457. The molecule has 2 aliphatic rings. The van der Waals surface area contributed by atoms with Crippen molar-refractivity contribution in [2.75, 3.05) is 13.1 Å². The Balaban J connectivity index is 1.33. The fraction of sp³-hybridized carbons (Fsp3) is 0.355. The van der Waals surface area contributed by atoms with Crippen molar-refractivity contribution < 1.29 is 9.53 Å². The van der Waals surface area contributed by atoms with Crippen LogP contribution in [0.3, 0.4) is 0 Å². The van der Waals surface area contributed by atoms with Crippen LogP contribution in [-0.2, 0) is 17.6 Å². The summed E-state index contributed by atoms with van der Waals surface area (Å²) in [6, 6.07) is 20.6. The maximum absolute atomic E-state index is 12.4. The van der Waals surface area contributed by atoms with Crippen LogP contribution in [0.5, 0.6) is 5.75 Å². The molecule has 1 aliphatic carbocycles. The highest BCUT2D eigenvalue weighted by Gasteiger charge is 2.16. The lowest BCUT2D eigenvalue weighted by Gasteiger charge is -2.17. The predicted octanol–water partition coefficient (Wildman–Crippen LogP) is 6.40. The number of hydrogen-bond donors (Lipinski definition) is 1. The maximum atomic E-state index is 12.4. The Bertz CT molecular complexity index is 1190. The van der Waals surface area contributed by atoms with E-state index in [-0.39, 0.29) is 5.78 Å².